The first-order chi connectivity index (χ1) is 11.0. The number of benzene rings is 2. The molecule has 0 atom stereocenters. The van der Waals surface area contributed by atoms with Crippen molar-refractivity contribution < 1.29 is 14.3 Å². The first-order valence-corrected chi connectivity index (χ1v) is 7.63. The van der Waals surface area contributed by atoms with Crippen molar-refractivity contribution in [2.24, 2.45) is 0 Å². The van der Waals surface area contributed by atoms with Gasteiger partial charge in [0.1, 0.15) is 0 Å². The minimum absolute atomic E-state index is 0.301. The molecule has 0 aromatic heterocycles. The lowest BCUT2D eigenvalue weighted by molar-refractivity contribution is -0.119. The van der Waals surface area contributed by atoms with Crippen molar-refractivity contribution in [3.05, 3.63) is 64.7 Å². The molecule has 0 bridgehead atoms. The predicted octanol–water partition coefficient (Wildman–Crippen LogP) is 3.66. The van der Waals surface area contributed by atoms with Gasteiger partial charge in [-0.1, -0.05) is 42.8 Å². The largest absolute Gasteiger partial charge is 0.452 e. The third kappa shape index (κ3) is 4.42. The van der Waals surface area contributed by atoms with E-state index < -0.39 is 5.97 Å². The Labute approximate surface area is 136 Å². The Hall–Kier alpha value is -2.62. The molecule has 4 nitrogen and oxygen atoms in total. The number of esters is 1. The number of ether oxygens (including phenoxy) is 1. The van der Waals surface area contributed by atoms with Gasteiger partial charge in [0.05, 0.1) is 5.56 Å². The van der Waals surface area contributed by atoms with Crippen LogP contribution in [0, 0.1) is 13.8 Å². The standard InChI is InChI=1S/C19H21NO3/c1-4-15-9-6-8-14(3)18(15)20-17(21)12-23-19(22)16-10-5-7-13(2)11-16/h5-11H,4,12H2,1-3H3,(H,20,21). The molecule has 0 fully saturated rings. The van der Waals surface area contributed by atoms with Crippen LogP contribution in [-0.2, 0) is 16.0 Å². The summed E-state index contributed by atoms with van der Waals surface area (Å²) in [7, 11) is 0. The number of carbonyl (C=O) groups excluding carboxylic acids is 2. The zero-order chi connectivity index (χ0) is 16.8. The van der Waals surface area contributed by atoms with Crippen molar-refractivity contribution in [2.75, 3.05) is 11.9 Å². The summed E-state index contributed by atoms with van der Waals surface area (Å²) in [6.45, 7) is 5.56. The first-order valence-electron chi connectivity index (χ1n) is 7.63. The molecule has 2 aromatic carbocycles. The third-order valence-corrected chi connectivity index (χ3v) is 3.59. The maximum absolute atomic E-state index is 12.0. The van der Waals surface area contributed by atoms with Crippen molar-refractivity contribution >= 4 is 17.6 Å². The van der Waals surface area contributed by atoms with Gasteiger partial charge in [-0.15, -0.1) is 0 Å². The number of hydrogen-bond acceptors (Lipinski definition) is 3. The van der Waals surface area contributed by atoms with E-state index in [1.165, 1.54) is 0 Å². The summed E-state index contributed by atoms with van der Waals surface area (Å²) < 4.78 is 5.08. The predicted molar refractivity (Wildman–Crippen MR) is 90.6 cm³/mol. The van der Waals surface area contributed by atoms with Gasteiger partial charge in [-0.25, -0.2) is 4.79 Å². The van der Waals surface area contributed by atoms with E-state index in [1.807, 2.05) is 45.0 Å². The Morgan fingerprint density at radius 1 is 1.09 bits per heavy atom. The van der Waals surface area contributed by atoms with E-state index in [2.05, 4.69) is 5.32 Å². The van der Waals surface area contributed by atoms with Crippen LogP contribution in [0.3, 0.4) is 0 Å². The van der Waals surface area contributed by atoms with E-state index in [0.717, 1.165) is 28.8 Å². The number of amides is 1. The minimum atomic E-state index is -0.496. The number of rotatable bonds is 5. The molecule has 1 amide bonds. The normalized spacial score (nSPS) is 10.2. The van der Waals surface area contributed by atoms with Gasteiger partial charge in [0.15, 0.2) is 6.61 Å². The van der Waals surface area contributed by atoms with Crippen LogP contribution in [0.2, 0.25) is 0 Å². The lowest BCUT2D eigenvalue weighted by atomic mass is 10.1. The van der Waals surface area contributed by atoms with E-state index in [9.17, 15) is 9.59 Å². The number of nitrogens with one attached hydrogen (secondary N) is 1. The number of aryl methyl sites for hydroxylation is 3. The summed E-state index contributed by atoms with van der Waals surface area (Å²) in [4.78, 5) is 24.0. The van der Waals surface area contributed by atoms with E-state index >= 15 is 0 Å². The summed E-state index contributed by atoms with van der Waals surface area (Å²) >= 11 is 0. The van der Waals surface area contributed by atoms with Gasteiger partial charge in [0.25, 0.3) is 5.91 Å². The maximum Gasteiger partial charge on any atom is 0.338 e. The van der Waals surface area contributed by atoms with E-state index in [4.69, 9.17) is 4.74 Å². The fraction of sp³-hybridized carbons (Fsp3) is 0.263. The van der Waals surface area contributed by atoms with Crippen molar-refractivity contribution in [1.82, 2.24) is 0 Å². The van der Waals surface area contributed by atoms with E-state index in [0.29, 0.717) is 5.56 Å². The highest BCUT2D eigenvalue weighted by atomic mass is 16.5. The summed E-state index contributed by atoms with van der Waals surface area (Å²) in [6.07, 6.45) is 0.820. The molecule has 23 heavy (non-hydrogen) atoms. The molecule has 0 radical (unpaired) electrons. The first kappa shape index (κ1) is 16.7. The molecule has 2 aromatic rings. The van der Waals surface area contributed by atoms with Gasteiger partial charge >= 0.3 is 5.97 Å². The SMILES string of the molecule is CCc1cccc(C)c1NC(=O)COC(=O)c1cccc(C)c1. The average molecular weight is 311 g/mol. The zero-order valence-corrected chi connectivity index (χ0v) is 13.7. The molecule has 0 saturated carbocycles. The fourth-order valence-electron chi connectivity index (χ4n) is 2.36. The quantitative estimate of drug-likeness (QED) is 0.857. The Morgan fingerprint density at radius 2 is 1.83 bits per heavy atom. The summed E-state index contributed by atoms with van der Waals surface area (Å²) in [6, 6.07) is 13.0. The molecule has 4 heteroatoms. The fourth-order valence-corrected chi connectivity index (χ4v) is 2.36. The van der Waals surface area contributed by atoms with E-state index in [1.54, 1.807) is 18.2 Å². The summed E-state index contributed by atoms with van der Waals surface area (Å²) in [5.41, 5.74) is 4.26. The van der Waals surface area contributed by atoms with Gasteiger partial charge in [0.2, 0.25) is 0 Å². The molecule has 0 aliphatic rings. The molecule has 120 valence electrons. The molecule has 0 saturated heterocycles. The zero-order valence-electron chi connectivity index (χ0n) is 13.7. The molecular weight excluding hydrogens is 290 g/mol. The lowest BCUT2D eigenvalue weighted by Gasteiger charge is -2.13. The van der Waals surface area contributed by atoms with Crippen LogP contribution >= 0.6 is 0 Å². The Kier molecular flexibility index (Phi) is 5.52. The second kappa shape index (κ2) is 7.58. The Bertz CT molecular complexity index is 722. The van der Waals surface area contributed by atoms with Crippen LogP contribution in [-0.4, -0.2) is 18.5 Å². The van der Waals surface area contributed by atoms with Crippen LogP contribution < -0.4 is 5.32 Å². The highest BCUT2D eigenvalue weighted by molar-refractivity contribution is 5.96. The van der Waals surface area contributed by atoms with Crippen LogP contribution in [0.15, 0.2) is 42.5 Å². The number of carbonyl (C=O) groups is 2. The summed E-state index contributed by atoms with van der Waals surface area (Å²) in [5, 5.41) is 2.83. The molecule has 2 rings (SSSR count). The second-order valence-electron chi connectivity index (χ2n) is 5.46. The van der Waals surface area contributed by atoms with Gasteiger partial charge < -0.3 is 10.1 Å². The van der Waals surface area contributed by atoms with Crippen molar-refractivity contribution in [3.8, 4) is 0 Å². The van der Waals surface area contributed by atoms with Crippen molar-refractivity contribution in [2.45, 2.75) is 27.2 Å². The monoisotopic (exact) mass is 311 g/mol. The van der Waals surface area contributed by atoms with Crippen LogP contribution in [0.4, 0.5) is 5.69 Å². The topological polar surface area (TPSA) is 55.4 Å². The molecule has 0 aliphatic heterocycles. The lowest BCUT2D eigenvalue weighted by Crippen LogP contribution is -2.22. The molecular formula is C19H21NO3. The van der Waals surface area contributed by atoms with Gasteiger partial charge in [-0.05, 0) is 43.5 Å². The molecule has 0 heterocycles. The average Bonchev–Trinajstić information content (AvgIpc) is 2.54. The highest BCUT2D eigenvalue weighted by Crippen LogP contribution is 2.20. The number of anilines is 1. The maximum atomic E-state index is 12.0. The molecule has 1 N–H and O–H groups in total. The van der Waals surface area contributed by atoms with Crippen molar-refractivity contribution in [1.29, 1.82) is 0 Å². The highest BCUT2D eigenvalue weighted by Gasteiger charge is 2.12. The van der Waals surface area contributed by atoms with E-state index in [-0.39, 0.29) is 12.5 Å². The minimum Gasteiger partial charge on any atom is -0.452 e. The van der Waals surface area contributed by atoms with Gasteiger partial charge in [-0.2, -0.15) is 0 Å². The molecule has 0 spiro atoms. The third-order valence-electron chi connectivity index (χ3n) is 3.59. The molecule has 0 aliphatic carbocycles. The number of para-hydroxylation sites is 1. The van der Waals surface area contributed by atoms with Crippen molar-refractivity contribution in [3.63, 3.8) is 0 Å². The number of hydrogen-bond donors (Lipinski definition) is 1. The second-order valence-corrected chi connectivity index (χ2v) is 5.46. The van der Waals surface area contributed by atoms with Crippen LogP contribution in [0.1, 0.15) is 34.0 Å². The van der Waals surface area contributed by atoms with Crippen LogP contribution in [0.5, 0.6) is 0 Å². The summed E-state index contributed by atoms with van der Waals surface area (Å²) in [5.74, 6) is -0.834. The van der Waals surface area contributed by atoms with Gasteiger partial charge in [-0.3, -0.25) is 4.79 Å². The Morgan fingerprint density at radius 3 is 2.52 bits per heavy atom. The Balaban J connectivity index is 1.97. The van der Waals surface area contributed by atoms with Crippen LogP contribution in [0.25, 0.3) is 0 Å². The smallest absolute Gasteiger partial charge is 0.338 e. The van der Waals surface area contributed by atoms with Gasteiger partial charge in [0, 0.05) is 5.69 Å². The molecule has 0 unspecified atom stereocenters.